The second-order valence-corrected chi connectivity index (χ2v) is 30.9. The Labute approximate surface area is 683 Å². The van der Waals surface area contributed by atoms with Gasteiger partial charge in [-0.3, -0.25) is 9.80 Å². The van der Waals surface area contributed by atoms with Crippen molar-refractivity contribution in [3.05, 3.63) is 248 Å². The Hall–Kier alpha value is -10.8. The minimum absolute atomic E-state index is 0.203. The zero-order valence-electron chi connectivity index (χ0n) is 61.0. The fourth-order valence-electron chi connectivity index (χ4n) is 10.5. The molecule has 2 amide bonds. The van der Waals surface area contributed by atoms with Gasteiger partial charge < -0.3 is 20.5 Å². The molecule has 0 unspecified atom stereocenters. The zero-order valence-corrected chi connectivity index (χ0v) is 69.8. The summed E-state index contributed by atoms with van der Waals surface area (Å²) in [7, 11) is 0. The number of hydrogen-bond donors (Lipinski definition) is 2. The number of carbonyl (C=O) groups is 2. The highest BCUT2D eigenvalue weighted by Crippen LogP contribution is 2.34. The molecule has 566 valence electrons. The number of ether oxygens (including phenoxy) is 2. The fourth-order valence-corrected chi connectivity index (χ4v) is 12.5. The number of nitrogens with two attached hydrogens (primary N) is 1. The highest BCUT2D eigenvalue weighted by Gasteiger charge is 2.30. The van der Waals surface area contributed by atoms with E-state index in [-0.39, 0.29) is 13.1 Å². The van der Waals surface area contributed by atoms with Crippen molar-refractivity contribution in [1.29, 1.82) is 0 Å². The molecule has 0 atom stereocenters. The second kappa shape index (κ2) is 37.3. The van der Waals surface area contributed by atoms with Gasteiger partial charge >= 0.3 is 23.8 Å². The van der Waals surface area contributed by atoms with Crippen molar-refractivity contribution in [3.63, 3.8) is 0 Å². The van der Waals surface area contributed by atoms with Gasteiger partial charge in [-0.05, 0) is 125 Å². The lowest BCUT2D eigenvalue weighted by atomic mass is 10.1. The van der Waals surface area contributed by atoms with E-state index < -0.39 is 35.0 Å². The highest BCUT2D eigenvalue weighted by molar-refractivity contribution is 9.11. The van der Waals surface area contributed by atoms with E-state index in [1.807, 2.05) is 219 Å². The molecule has 11 aromatic heterocycles. The number of anilines is 4. The van der Waals surface area contributed by atoms with Crippen LogP contribution in [0.2, 0.25) is 0 Å². The Balaban J connectivity index is 0.000000148. The van der Waals surface area contributed by atoms with Gasteiger partial charge in [0, 0.05) is 107 Å². The molecule has 35 heteroatoms. The first-order valence-corrected chi connectivity index (χ1v) is 39.9. The number of aryl methyl sites for hydroxylation is 1. The Kier molecular flexibility index (Phi) is 27.2. The highest BCUT2D eigenvalue weighted by atomic mass is 79.9. The summed E-state index contributed by atoms with van der Waals surface area (Å²) in [6, 6.07) is 47.1. The van der Waals surface area contributed by atoms with Crippen LogP contribution in [0.15, 0.2) is 236 Å². The molecule has 0 spiro atoms. The van der Waals surface area contributed by atoms with Crippen LogP contribution in [0.3, 0.4) is 0 Å². The van der Waals surface area contributed by atoms with Crippen molar-refractivity contribution >= 4 is 157 Å². The number of nitrogen functional groups attached to an aromatic ring is 1. The van der Waals surface area contributed by atoms with E-state index in [1.54, 1.807) is 67.6 Å². The van der Waals surface area contributed by atoms with Crippen molar-refractivity contribution in [2.75, 3.05) is 33.4 Å². The third kappa shape index (κ3) is 21.2. The van der Waals surface area contributed by atoms with Gasteiger partial charge in [0.25, 0.3) is 0 Å². The van der Waals surface area contributed by atoms with Crippen LogP contribution in [-0.4, -0.2) is 133 Å². The van der Waals surface area contributed by atoms with E-state index >= 15 is 0 Å². The number of amides is 2. The third-order valence-corrected chi connectivity index (χ3v) is 18.9. The van der Waals surface area contributed by atoms with E-state index in [0.29, 0.717) is 57.7 Å². The summed E-state index contributed by atoms with van der Waals surface area (Å²) in [6.45, 7) is 13.8. The monoisotopic (exact) mass is 1800 g/mol. The predicted octanol–water partition coefficient (Wildman–Crippen LogP) is 17.2. The predicted molar refractivity (Wildman–Crippen MR) is 444 cm³/mol. The average molecular weight is 1800 g/mol. The number of benzene rings is 4. The molecule has 111 heavy (non-hydrogen) atoms. The summed E-state index contributed by atoms with van der Waals surface area (Å²) in [5, 5.41) is 22.3. The molecule has 4 aromatic carbocycles. The number of nitrogens with zero attached hydrogens (tertiary/aromatic N) is 20. The number of thioether (sulfide) groups is 2. The maximum Gasteiger partial charge on any atom is 0.416 e. The molecule has 15 aromatic rings. The number of halogens is 4. The van der Waals surface area contributed by atoms with Crippen LogP contribution in [0.1, 0.15) is 64.1 Å². The zero-order chi connectivity index (χ0) is 78.9. The quantitative estimate of drug-likeness (QED) is 0.0711. The van der Waals surface area contributed by atoms with Gasteiger partial charge in [-0.1, -0.05) is 145 Å². The van der Waals surface area contributed by atoms with E-state index in [4.69, 9.17) is 38.6 Å². The molecule has 0 aliphatic heterocycles. The minimum Gasteiger partial charge on any atom is -0.443 e. The molecule has 28 nitrogen and oxygen atoms in total. The van der Waals surface area contributed by atoms with Gasteiger partial charge in [-0.2, -0.15) is 46.9 Å². The number of carbonyl (C=O) groups excluding carboxylic acids is 2. The molecular weight excluding hydrogens is 1730 g/mol. The Morgan fingerprint density at radius 1 is 0.441 bits per heavy atom. The first-order chi connectivity index (χ1) is 53.4. The van der Waals surface area contributed by atoms with Crippen LogP contribution in [0.5, 0.6) is 0 Å². The van der Waals surface area contributed by atoms with Crippen molar-refractivity contribution in [2.45, 2.75) is 89.6 Å². The number of hydrogen-bond acceptors (Lipinski definition) is 24. The van der Waals surface area contributed by atoms with Crippen LogP contribution in [0.4, 0.5) is 32.9 Å². The molecule has 0 saturated carbocycles. The van der Waals surface area contributed by atoms with Crippen LogP contribution in [0, 0.1) is 6.92 Å². The molecule has 0 saturated heterocycles. The van der Waals surface area contributed by atoms with Crippen LogP contribution >= 0.6 is 87.2 Å². The molecule has 15 rings (SSSR count). The van der Waals surface area contributed by atoms with Gasteiger partial charge in [0.05, 0.1) is 78.5 Å². The molecule has 0 aliphatic rings. The maximum absolute atomic E-state index is 13.4. The Morgan fingerprint density at radius 3 is 1.11 bits per heavy atom. The smallest absolute Gasteiger partial charge is 0.416 e. The van der Waals surface area contributed by atoms with Crippen molar-refractivity contribution < 1.29 is 27.5 Å². The van der Waals surface area contributed by atoms with Gasteiger partial charge in [0.15, 0.2) is 32.9 Å². The first kappa shape index (κ1) is 81.2. The maximum atomic E-state index is 13.4. The summed E-state index contributed by atoms with van der Waals surface area (Å²) in [6.07, 6.45) is 20.1. The Bertz CT molecular complexity index is 5730. The molecule has 0 fully saturated rings. The molecule has 11 heterocycles. The molecule has 0 bridgehead atoms. The number of nitrogens with one attached hydrogen (secondary N) is 1. The summed E-state index contributed by atoms with van der Waals surface area (Å²) in [4.78, 5) is 74.3. The lowest BCUT2D eigenvalue weighted by Crippen LogP contribution is -2.37. The largest absolute Gasteiger partial charge is 0.443 e. The second-order valence-electron chi connectivity index (χ2n) is 25.8. The van der Waals surface area contributed by atoms with Gasteiger partial charge in [-0.15, -0.1) is 0 Å². The fraction of sp³-hybridized carbons (Fsp3) is 0.184. The standard InChI is InChI=1S/C23H23BrN6O2S.C23H23BrN6O2.C18H15BrN6S.C12H9BrN4.O2S/c1-23(2,3)32-22(31)29(14-15-11-25-21(33-4)26-12-15)19-10-18(16-8-6-5-7-9-16)28-20-17(24)13-27-30(19)20;1-15-25-11-16(12-26-15)14-29(22(31)32-23(2,3)4)20-10-19(17-8-6-5-7-9-17)28-21-18(24)13-27-30(20)21;1-26-18-21-9-12(10-22-18)8-20-16-7-15(13-5-3-2-4-6-13)24-17-14(19)11-23-25(16)17;13-9-7-15-17-11(14)6-10(16-12(9)17)8-4-2-1-3-5-8;1-3-2/h5-13H,14H2,1-4H3;5-13H,14H2,1-4H3;2-7,9-11,20H,8H2,1H3;1-7H,14H2;. The average Bonchev–Trinajstić information content (AvgIpc) is 1.69. The number of rotatable bonds is 15. The normalized spacial score (nSPS) is 11.1. The van der Waals surface area contributed by atoms with Crippen molar-refractivity contribution in [3.8, 4) is 45.0 Å². The van der Waals surface area contributed by atoms with Crippen LogP contribution < -0.4 is 20.9 Å². The molecule has 0 aliphatic carbocycles. The van der Waals surface area contributed by atoms with E-state index in [0.717, 1.165) is 90.5 Å². The van der Waals surface area contributed by atoms with Gasteiger partial charge in [0.1, 0.15) is 40.3 Å². The molecular formula is C76H70Br4N22O6S3. The summed E-state index contributed by atoms with van der Waals surface area (Å²) in [5.74, 6) is 3.13. The van der Waals surface area contributed by atoms with E-state index in [9.17, 15) is 9.59 Å². The molecule has 3 N–H and O–H groups in total. The van der Waals surface area contributed by atoms with E-state index in [1.165, 1.54) is 33.3 Å². The van der Waals surface area contributed by atoms with Crippen LogP contribution in [0.25, 0.3) is 67.6 Å². The number of aromatic nitrogens is 18. The topological polar surface area (TPSA) is 329 Å². The summed E-state index contributed by atoms with van der Waals surface area (Å²) >= 11 is 16.2. The lowest BCUT2D eigenvalue weighted by Gasteiger charge is -2.28. The van der Waals surface area contributed by atoms with E-state index in [2.05, 4.69) is 124 Å². The minimum atomic E-state index is -0.750. The van der Waals surface area contributed by atoms with Crippen LogP contribution in [-0.2, 0) is 40.7 Å². The number of fused-ring (bicyclic) bond motifs is 4. The summed E-state index contributed by atoms with van der Waals surface area (Å²) in [5.41, 5.74) is 16.9. The van der Waals surface area contributed by atoms with Crippen molar-refractivity contribution in [2.24, 2.45) is 0 Å². The third-order valence-electron chi connectivity index (χ3n) is 15.5. The first-order valence-electron chi connectivity index (χ1n) is 33.7. The Morgan fingerprint density at radius 2 is 0.748 bits per heavy atom. The molecule has 0 radical (unpaired) electrons. The summed E-state index contributed by atoms with van der Waals surface area (Å²) < 4.78 is 37.8. The lowest BCUT2D eigenvalue weighted by molar-refractivity contribution is 0.0564. The van der Waals surface area contributed by atoms with Gasteiger partial charge in [0.2, 0.25) is 0 Å². The SMILES string of the molecule is CSc1ncc(CN(C(=O)OC(C)(C)C)c2cc(-c3ccccc3)nc3c(Br)cnn23)cn1.CSc1ncc(CNc2cc(-c3ccccc3)nc3c(Br)cnn23)cn1.Cc1ncc(CN(C(=O)OC(C)(C)C)c2cc(-c3ccccc3)nc3c(Br)cnn23)cn1.Nc1cc(-c2ccccc2)nc2c(Br)cnn12.O=S=O. The van der Waals surface area contributed by atoms with Crippen molar-refractivity contribution in [1.82, 2.24) is 88.3 Å². The van der Waals surface area contributed by atoms with Gasteiger partial charge in [-0.25, -0.2) is 59.4 Å².